The molecule has 3 rings (SSSR count). The van der Waals surface area contributed by atoms with Crippen molar-refractivity contribution in [2.24, 2.45) is 0 Å². The van der Waals surface area contributed by atoms with E-state index in [1.54, 1.807) is 11.3 Å². The van der Waals surface area contributed by atoms with E-state index in [4.69, 9.17) is 10.5 Å². The van der Waals surface area contributed by atoms with Crippen LogP contribution in [0.1, 0.15) is 17.4 Å². The Morgan fingerprint density at radius 2 is 2.37 bits per heavy atom. The second-order valence-corrected chi connectivity index (χ2v) is 6.09. The molecule has 1 aliphatic heterocycles. The summed E-state index contributed by atoms with van der Waals surface area (Å²) in [4.78, 5) is 7.63. The second kappa shape index (κ2) is 4.74. The van der Waals surface area contributed by atoms with Crippen molar-refractivity contribution in [3.8, 4) is 5.75 Å². The zero-order valence-electron chi connectivity index (χ0n) is 11.1. The molecule has 2 heterocycles. The lowest BCUT2D eigenvalue weighted by atomic mass is 10.1. The van der Waals surface area contributed by atoms with E-state index >= 15 is 0 Å². The molecule has 5 heteroatoms. The molecule has 1 atom stereocenters. The minimum Gasteiger partial charge on any atom is -0.487 e. The van der Waals surface area contributed by atoms with E-state index in [0.29, 0.717) is 5.13 Å². The van der Waals surface area contributed by atoms with Crippen LogP contribution in [0.5, 0.6) is 5.75 Å². The van der Waals surface area contributed by atoms with Gasteiger partial charge in [-0.2, -0.15) is 0 Å². The van der Waals surface area contributed by atoms with Gasteiger partial charge < -0.3 is 15.4 Å². The molecule has 0 spiro atoms. The van der Waals surface area contributed by atoms with Crippen molar-refractivity contribution in [2.45, 2.75) is 26.5 Å². The molecule has 1 aromatic carbocycles. The highest BCUT2D eigenvalue weighted by molar-refractivity contribution is 7.15. The number of nitrogen functional groups attached to an aromatic ring is 1. The Morgan fingerprint density at radius 3 is 3.11 bits per heavy atom. The number of nitrogens with zero attached hydrogens (tertiary/aromatic N) is 2. The van der Waals surface area contributed by atoms with E-state index in [1.165, 1.54) is 10.4 Å². The average molecular weight is 275 g/mol. The monoisotopic (exact) mass is 275 g/mol. The molecule has 2 N–H and O–H groups in total. The summed E-state index contributed by atoms with van der Waals surface area (Å²) in [5.74, 6) is 0.960. The lowest BCUT2D eigenvalue weighted by Crippen LogP contribution is -2.37. The molecule has 1 aromatic heterocycles. The fourth-order valence-corrected chi connectivity index (χ4v) is 3.07. The quantitative estimate of drug-likeness (QED) is 0.915. The summed E-state index contributed by atoms with van der Waals surface area (Å²) >= 11 is 1.55. The summed E-state index contributed by atoms with van der Waals surface area (Å²) in [5, 5.41) is 0.626. The van der Waals surface area contributed by atoms with Crippen molar-refractivity contribution in [3.05, 3.63) is 34.8 Å². The number of aromatic nitrogens is 1. The zero-order valence-corrected chi connectivity index (χ0v) is 11.9. The van der Waals surface area contributed by atoms with Gasteiger partial charge in [-0.15, -0.1) is 11.3 Å². The summed E-state index contributed by atoms with van der Waals surface area (Å²) in [6.45, 7) is 5.91. The first-order valence-corrected chi connectivity index (χ1v) is 7.16. The molecular formula is C14H17N3OS. The number of thiazole rings is 1. The molecule has 0 aliphatic carbocycles. The molecule has 0 saturated heterocycles. The van der Waals surface area contributed by atoms with Crippen LogP contribution in [0.4, 0.5) is 10.8 Å². The van der Waals surface area contributed by atoms with Crippen LogP contribution in [0.25, 0.3) is 0 Å². The molecule has 19 heavy (non-hydrogen) atoms. The fraction of sp³-hybridized carbons (Fsp3) is 0.357. The summed E-state index contributed by atoms with van der Waals surface area (Å²) < 4.78 is 5.88. The summed E-state index contributed by atoms with van der Waals surface area (Å²) in [7, 11) is 0. The SMILES string of the molecule is Cc1ccc2c(c1)N(Cc1cnc(N)s1)CC(C)O2. The number of fused-ring (bicyclic) bond motifs is 1. The van der Waals surface area contributed by atoms with E-state index < -0.39 is 0 Å². The Labute approximate surface area is 116 Å². The molecule has 4 nitrogen and oxygen atoms in total. The van der Waals surface area contributed by atoms with Gasteiger partial charge >= 0.3 is 0 Å². The zero-order chi connectivity index (χ0) is 13.4. The average Bonchev–Trinajstić information content (AvgIpc) is 2.76. The maximum Gasteiger partial charge on any atom is 0.180 e. The number of hydrogen-bond donors (Lipinski definition) is 1. The van der Waals surface area contributed by atoms with Gasteiger partial charge in [-0.05, 0) is 31.5 Å². The maximum atomic E-state index is 5.88. The topological polar surface area (TPSA) is 51.4 Å². The van der Waals surface area contributed by atoms with Crippen LogP contribution in [-0.2, 0) is 6.54 Å². The summed E-state index contributed by atoms with van der Waals surface area (Å²) in [6.07, 6.45) is 2.05. The number of aryl methyl sites for hydroxylation is 1. The standard InChI is InChI=1S/C14H17N3OS/c1-9-3-4-13-12(5-9)17(7-10(2)18-13)8-11-6-16-14(15)19-11/h3-6,10H,7-8H2,1-2H3,(H2,15,16). The highest BCUT2D eigenvalue weighted by atomic mass is 32.1. The van der Waals surface area contributed by atoms with Crippen LogP contribution in [-0.4, -0.2) is 17.6 Å². The predicted molar refractivity (Wildman–Crippen MR) is 78.8 cm³/mol. The third-order valence-corrected chi connectivity index (χ3v) is 3.99. The Kier molecular flexibility index (Phi) is 3.06. The first-order chi connectivity index (χ1) is 9.11. The van der Waals surface area contributed by atoms with Crippen molar-refractivity contribution < 1.29 is 4.74 Å². The van der Waals surface area contributed by atoms with Gasteiger partial charge in [-0.1, -0.05) is 6.07 Å². The van der Waals surface area contributed by atoms with Gasteiger partial charge in [-0.3, -0.25) is 0 Å². The minimum absolute atomic E-state index is 0.195. The molecule has 1 unspecified atom stereocenters. The molecule has 0 amide bonds. The van der Waals surface area contributed by atoms with E-state index in [1.807, 2.05) is 12.3 Å². The number of benzene rings is 1. The Hall–Kier alpha value is -1.75. The summed E-state index contributed by atoms with van der Waals surface area (Å²) in [5.41, 5.74) is 8.09. The second-order valence-electron chi connectivity index (χ2n) is 4.94. The van der Waals surface area contributed by atoms with Gasteiger partial charge in [0, 0.05) is 11.1 Å². The number of hydrogen-bond acceptors (Lipinski definition) is 5. The van der Waals surface area contributed by atoms with E-state index in [9.17, 15) is 0 Å². The van der Waals surface area contributed by atoms with Crippen LogP contribution < -0.4 is 15.4 Å². The van der Waals surface area contributed by atoms with E-state index in [-0.39, 0.29) is 6.10 Å². The summed E-state index contributed by atoms with van der Waals surface area (Å²) in [6, 6.07) is 6.31. The number of ether oxygens (including phenoxy) is 1. The Bertz CT molecular complexity index is 596. The molecular weight excluding hydrogens is 258 g/mol. The van der Waals surface area contributed by atoms with E-state index in [0.717, 1.165) is 24.5 Å². The Morgan fingerprint density at radius 1 is 1.53 bits per heavy atom. The van der Waals surface area contributed by atoms with Crippen LogP contribution >= 0.6 is 11.3 Å². The van der Waals surface area contributed by atoms with Crippen LogP contribution in [0.3, 0.4) is 0 Å². The normalized spacial score (nSPS) is 18.0. The lowest BCUT2D eigenvalue weighted by Gasteiger charge is -2.34. The minimum atomic E-state index is 0.195. The predicted octanol–water partition coefficient (Wildman–Crippen LogP) is 2.82. The van der Waals surface area contributed by atoms with Gasteiger partial charge in [-0.25, -0.2) is 4.98 Å². The molecule has 1 aliphatic rings. The van der Waals surface area contributed by atoms with Crippen molar-refractivity contribution in [3.63, 3.8) is 0 Å². The third-order valence-electron chi connectivity index (χ3n) is 3.18. The van der Waals surface area contributed by atoms with Gasteiger partial charge in [0.05, 0.1) is 18.8 Å². The molecule has 0 bridgehead atoms. The lowest BCUT2D eigenvalue weighted by molar-refractivity contribution is 0.212. The van der Waals surface area contributed by atoms with Crippen molar-refractivity contribution in [1.82, 2.24) is 4.98 Å². The number of nitrogens with two attached hydrogens (primary N) is 1. The number of rotatable bonds is 2. The van der Waals surface area contributed by atoms with Gasteiger partial charge in [0.15, 0.2) is 5.13 Å². The van der Waals surface area contributed by atoms with Crippen LogP contribution in [0, 0.1) is 6.92 Å². The van der Waals surface area contributed by atoms with E-state index in [2.05, 4.69) is 35.9 Å². The van der Waals surface area contributed by atoms with Crippen molar-refractivity contribution in [1.29, 1.82) is 0 Å². The molecule has 0 fully saturated rings. The van der Waals surface area contributed by atoms with Crippen LogP contribution in [0.2, 0.25) is 0 Å². The first kappa shape index (κ1) is 12.3. The third kappa shape index (κ3) is 2.51. The van der Waals surface area contributed by atoms with Crippen molar-refractivity contribution >= 4 is 22.2 Å². The van der Waals surface area contributed by atoms with Gasteiger partial charge in [0.25, 0.3) is 0 Å². The Balaban J connectivity index is 1.91. The molecule has 0 radical (unpaired) electrons. The van der Waals surface area contributed by atoms with Crippen molar-refractivity contribution in [2.75, 3.05) is 17.2 Å². The fourth-order valence-electron chi connectivity index (χ4n) is 2.37. The first-order valence-electron chi connectivity index (χ1n) is 6.34. The van der Waals surface area contributed by atoms with Gasteiger partial charge in [0.2, 0.25) is 0 Å². The molecule has 0 saturated carbocycles. The highest BCUT2D eigenvalue weighted by Crippen LogP contribution is 2.35. The van der Waals surface area contributed by atoms with Gasteiger partial charge in [0.1, 0.15) is 11.9 Å². The smallest absolute Gasteiger partial charge is 0.180 e. The maximum absolute atomic E-state index is 5.88. The largest absolute Gasteiger partial charge is 0.487 e. The number of anilines is 2. The highest BCUT2D eigenvalue weighted by Gasteiger charge is 2.23. The van der Waals surface area contributed by atoms with Crippen LogP contribution in [0.15, 0.2) is 24.4 Å². The molecule has 2 aromatic rings. The molecule has 100 valence electrons.